The molecule has 2 aliphatic heterocycles. The summed E-state index contributed by atoms with van der Waals surface area (Å²) in [6, 6.07) is 6.44. The molecule has 6 nitrogen and oxygen atoms in total. The summed E-state index contributed by atoms with van der Waals surface area (Å²) in [4.78, 5) is 7.24. The summed E-state index contributed by atoms with van der Waals surface area (Å²) in [7, 11) is 1.86. The highest BCUT2D eigenvalue weighted by atomic mass is 32.2. The number of hydrogen-bond donors (Lipinski definition) is 2. The minimum absolute atomic E-state index is 0.155. The Hall–Kier alpha value is -1.44. The standard InChI is InChI=1S/C24H38N4O2S/c1-19-5-6-20(22(15-19)30-21-7-12-29-17-21)16-26-23(25-2)27-18-24(8-3-4-9-24)28-10-13-31-14-11-28/h5-6,15,21H,3-4,7-14,16-18H2,1-2H3,(H2,25,26,27). The SMILES string of the molecule is CN=C(NCc1ccc(C)cc1OC1CCOC1)NCC1(N2CCSCC2)CCCC1. The zero-order valence-electron chi connectivity index (χ0n) is 19.1. The Balaban J connectivity index is 1.35. The average Bonchev–Trinajstić information content (AvgIpc) is 3.49. The van der Waals surface area contributed by atoms with Gasteiger partial charge in [0.25, 0.3) is 0 Å². The molecule has 1 aliphatic carbocycles. The van der Waals surface area contributed by atoms with E-state index in [0.29, 0.717) is 18.7 Å². The monoisotopic (exact) mass is 446 g/mol. The highest BCUT2D eigenvalue weighted by Gasteiger charge is 2.40. The number of rotatable bonds is 7. The summed E-state index contributed by atoms with van der Waals surface area (Å²) in [6.45, 7) is 7.67. The molecule has 0 amide bonds. The van der Waals surface area contributed by atoms with Crippen molar-refractivity contribution < 1.29 is 9.47 Å². The molecule has 4 rings (SSSR count). The van der Waals surface area contributed by atoms with Crippen LogP contribution in [0.4, 0.5) is 0 Å². The third-order valence-corrected chi connectivity index (χ3v) is 7.82. The zero-order chi connectivity index (χ0) is 21.5. The summed E-state index contributed by atoms with van der Waals surface area (Å²) in [5, 5.41) is 7.17. The van der Waals surface area contributed by atoms with Gasteiger partial charge in [0.2, 0.25) is 0 Å². The lowest BCUT2D eigenvalue weighted by molar-refractivity contribution is 0.107. The number of aliphatic imine (C=N–C) groups is 1. The fourth-order valence-electron chi connectivity index (χ4n) is 5.03. The second kappa shape index (κ2) is 10.9. The predicted octanol–water partition coefficient (Wildman–Crippen LogP) is 3.19. The number of nitrogens with zero attached hydrogens (tertiary/aromatic N) is 2. The van der Waals surface area contributed by atoms with E-state index in [-0.39, 0.29) is 6.10 Å². The van der Waals surface area contributed by atoms with E-state index < -0.39 is 0 Å². The van der Waals surface area contributed by atoms with E-state index in [1.54, 1.807) is 0 Å². The minimum atomic E-state index is 0.155. The molecule has 1 saturated carbocycles. The quantitative estimate of drug-likeness (QED) is 0.496. The molecule has 2 N–H and O–H groups in total. The summed E-state index contributed by atoms with van der Waals surface area (Å²) in [6.07, 6.45) is 6.38. The first-order valence-electron chi connectivity index (χ1n) is 11.8. The molecule has 0 bridgehead atoms. The number of ether oxygens (including phenoxy) is 2. The topological polar surface area (TPSA) is 58.1 Å². The van der Waals surface area contributed by atoms with Gasteiger partial charge in [-0.2, -0.15) is 11.8 Å². The molecular formula is C24H38N4O2S. The fourth-order valence-corrected chi connectivity index (χ4v) is 5.93. The second-order valence-corrected chi connectivity index (χ2v) is 10.2. The van der Waals surface area contributed by atoms with Crippen LogP contribution in [0.25, 0.3) is 0 Å². The van der Waals surface area contributed by atoms with Gasteiger partial charge in [0.15, 0.2) is 5.96 Å². The van der Waals surface area contributed by atoms with Gasteiger partial charge >= 0.3 is 0 Å². The van der Waals surface area contributed by atoms with Gasteiger partial charge in [-0.3, -0.25) is 9.89 Å². The van der Waals surface area contributed by atoms with Crippen molar-refractivity contribution in [3.05, 3.63) is 29.3 Å². The number of aryl methyl sites for hydroxylation is 1. The number of hydrogen-bond acceptors (Lipinski definition) is 5. The maximum atomic E-state index is 6.26. The van der Waals surface area contributed by atoms with E-state index in [1.807, 2.05) is 7.05 Å². The van der Waals surface area contributed by atoms with E-state index >= 15 is 0 Å². The summed E-state index contributed by atoms with van der Waals surface area (Å²) in [5.74, 6) is 4.35. The Morgan fingerprint density at radius 1 is 1.26 bits per heavy atom. The molecule has 3 fully saturated rings. The third kappa shape index (κ3) is 5.88. The van der Waals surface area contributed by atoms with E-state index in [4.69, 9.17) is 9.47 Å². The molecule has 1 unspecified atom stereocenters. The van der Waals surface area contributed by atoms with Gasteiger partial charge in [-0.05, 0) is 31.4 Å². The van der Waals surface area contributed by atoms with E-state index in [0.717, 1.165) is 36.8 Å². The first-order chi connectivity index (χ1) is 15.2. The first-order valence-corrected chi connectivity index (χ1v) is 13.0. The predicted molar refractivity (Wildman–Crippen MR) is 129 cm³/mol. The molecule has 1 aromatic carbocycles. The lowest BCUT2D eigenvalue weighted by atomic mass is 9.94. The molecule has 2 heterocycles. The highest BCUT2D eigenvalue weighted by Crippen LogP contribution is 2.36. The Labute approximate surface area is 191 Å². The van der Waals surface area contributed by atoms with Crippen LogP contribution < -0.4 is 15.4 Å². The van der Waals surface area contributed by atoms with Gasteiger partial charge in [-0.15, -0.1) is 0 Å². The first kappa shape index (κ1) is 22.7. The number of nitrogens with one attached hydrogen (secondary N) is 2. The number of thioether (sulfide) groups is 1. The van der Waals surface area contributed by atoms with Crippen molar-refractivity contribution >= 4 is 17.7 Å². The van der Waals surface area contributed by atoms with Crippen molar-refractivity contribution in [1.82, 2.24) is 15.5 Å². The smallest absolute Gasteiger partial charge is 0.191 e. The molecule has 172 valence electrons. The van der Waals surface area contributed by atoms with Crippen LogP contribution in [0.15, 0.2) is 23.2 Å². The van der Waals surface area contributed by atoms with E-state index in [2.05, 4.69) is 57.4 Å². The average molecular weight is 447 g/mol. The molecule has 7 heteroatoms. The number of benzene rings is 1. The zero-order valence-corrected chi connectivity index (χ0v) is 19.9. The van der Waals surface area contributed by atoms with Crippen molar-refractivity contribution in [3.63, 3.8) is 0 Å². The van der Waals surface area contributed by atoms with Gasteiger partial charge in [0, 0.05) is 62.3 Å². The molecule has 1 atom stereocenters. The van der Waals surface area contributed by atoms with Gasteiger partial charge in [0.1, 0.15) is 11.9 Å². The molecule has 0 aromatic heterocycles. The van der Waals surface area contributed by atoms with Crippen LogP contribution in [0, 0.1) is 6.92 Å². The minimum Gasteiger partial charge on any atom is -0.488 e. The number of guanidine groups is 1. The molecule has 31 heavy (non-hydrogen) atoms. The summed E-state index contributed by atoms with van der Waals surface area (Å²) < 4.78 is 11.7. The van der Waals surface area contributed by atoms with Gasteiger partial charge in [-0.25, -0.2) is 0 Å². The van der Waals surface area contributed by atoms with E-state index in [1.165, 1.54) is 55.8 Å². The van der Waals surface area contributed by atoms with Crippen LogP contribution in [-0.4, -0.2) is 73.9 Å². The van der Waals surface area contributed by atoms with Gasteiger partial charge in [-0.1, -0.05) is 25.0 Å². The maximum absolute atomic E-state index is 6.26. The lowest BCUT2D eigenvalue weighted by Crippen LogP contribution is -2.57. The normalized spacial score (nSPS) is 24.3. The van der Waals surface area contributed by atoms with Crippen LogP contribution in [-0.2, 0) is 11.3 Å². The molecular weight excluding hydrogens is 408 g/mol. The molecule has 1 aromatic rings. The Bertz CT molecular complexity index is 739. The maximum Gasteiger partial charge on any atom is 0.191 e. The van der Waals surface area contributed by atoms with Crippen molar-refractivity contribution in [2.24, 2.45) is 4.99 Å². The largest absolute Gasteiger partial charge is 0.488 e. The summed E-state index contributed by atoms with van der Waals surface area (Å²) in [5.41, 5.74) is 2.66. The van der Waals surface area contributed by atoms with Crippen LogP contribution in [0.5, 0.6) is 5.75 Å². The van der Waals surface area contributed by atoms with Gasteiger partial charge < -0.3 is 20.1 Å². The van der Waals surface area contributed by atoms with Crippen LogP contribution >= 0.6 is 11.8 Å². The summed E-state index contributed by atoms with van der Waals surface area (Å²) >= 11 is 2.09. The van der Waals surface area contributed by atoms with Crippen molar-refractivity contribution in [3.8, 4) is 5.75 Å². The van der Waals surface area contributed by atoms with Crippen LogP contribution in [0.3, 0.4) is 0 Å². The van der Waals surface area contributed by atoms with Crippen molar-refractivity contribution in [1.29, 1.82) is 0 Å². The van der Waals surface area contributed by atoms with Crippen molar-refractivity contribution in [2.75, 3.05) is 51.4 Å². The molecule has 3 aliphatic rings. The van der Waals surface area contributed by atoms with Crippen LogP contribution in [0.1, 0.15) is 43.2 Å². The fraction of sp³-hybridized carbons (Fsp3) is 0.708. The Kier molecular flexibility index (Phi) is 8.02. The molecule has 0 radical (unpaired) electrons. The van der Waals surface area contributed by atoms with E-state index in [9.17, 15) is 0 Å². The third-order valence-electron chi connectivity index (χ3n) is 6.88. The van der Waals surface area contributed by atoms with Crippen molar-refractivity contribution in [2.45, 2.75) is 57.2 Å². The highest BCUT2D eigenvalue weighted by molar-refractivity contribution is 7.99. The molecule has 0 spiro atoms. The molecule has 2 saturated heterocycles. The van der Waals surface area contributed by atoms with Crippen LogP contribution in [0.2, 0.25) is 0 Å². The van der Waals surface area contributed by atoms with Gasteiger partial charge in [0.05, 0.1) is 13.2 Å². The Morgan fingerprint density at radius 3 is 2.77 bits per heavy atom. The Morgan fingerprint density at radius 2 is 2.06 bits per heavy atom. The lowest BCUT2D eigenvalue weighted by Gasteiger charge is -2.43. The second-order valence-electron chi connectivity index (χ2n) is 9.02.